The maximum Gasteiger partial charge on any atom is 0.321 e. The minimum absolute atomic E-state index is 0.0923. The fourth-order valence-corrected chi connectivity index (χ4v) is 3.12. The van der Waals surface area contributed by atoms with Gasteiger partial charge in [-0.05, 0) is 24.6 Å². The van der Waals surface area contributed by atoms with Gasteiger partial charge in [0.15, 0.2) is 0 Å². The fraction of sp³-hybridized carbons (Fsp3) is 0.312. The average molecular weight is 325 g/mol. The number of amides is 2. The second-order valence-electron chi connectivity index (χ2n) is 5.96. The number of nitrogens with zero attached hydrogens (tertiary/aromatic N) is 4. The van der Waals surface area contributed by atoms with Crippen LogP contribution in [-0.2, 0) is 6.54 Å². The van der Waals surface area contributed by atoms with Gasteiger partial charge in [-0.3, -0.25) is 0 Å². The van der Waals surface area contributed by atoms with Gasteiger partial charge in [-0.2, -0.15) is 0 Å². The van der Waals surface area contributed by atoms with Gasteiger partial charge in [0.25, 0.3) is 0 Å². The van der Waals surface area contributed by atoms with Crippen LogP contribution in [0.15, 0.2) is 36.7 Å². The zero-order valence-electron chi connectivity index (χ0n) is 13.1. The van der Waals surface area contributed by atoms with E-state index in [1.807, 2.05) is 41.3 Å². The molecule has 1 aromatic carbocycles. The summed E-state index contributed by atoms with van der Waals surface area (Å²) >= 11 is 0. The first-order valence-electron chi connectivity index (χ1n) is 7.97. The Kier molecular flexibility index (Phi) is 3.66. The third kappa shape index (κ3) is 2.61. The number of rotatable bonds is 3. The minimum atomic E-state index is -0.0923. The van der Waals surface area contributed by atoms with Gasteiger partial charge >= 0.3 is 6.03 Å². The SMILES string of the molecule is NCc1cn(C2CCN(C(=O)Nc3cccc4[nH]ccc34)C2)nn1. The molecule has 1 unspecified atom stereocenters. The lowest BCUT2D eigenvalue weighted by Crippen LogP contribution is -2.33. The molecule has 4 rings (SSSR count). The quantitative estimate of drug-likeness (QED) is 0.681. The number of aromatic nitrogens is 4. The van der Waals surface area contributed by atoms with E-state index in [9.17, 15) is 4.79 Å². The fourth-order valence-electron chi connectivity index (χ4n) is 3.12. The summed E-state index contributed by atoms with van der Waals surface area (Å²) in [5.74, 6) is 0. The molecule has 1 aliphatic rings. The molecule has 3 heterocycles. The predicted octanol–water partition coefficient (Wildman–Crippen LogP) is 1.70. The Hall–Kier alpha value is -2.87. The monoisotopic (exact) mass is 325 g/mol. The van der Waals surface area contributed by atoms with Gasteiger partial charge in [-0.15, -0.1) is 5.10 Å². The van der Waals surface area contributed by atoms with Crippen molar-refractivity contribution in [2.45, 2.75) is 19.0 Å². The Morgan fingerprint density at radius 2 is 2.33 bits per heavy atom. The lowest BCUT2D eigenvalue weighted by atomic mass is 10.2. The van der Waals surface area contributed by atoms with Gasteiger partial charge in [-0.25, -0.2) is 9.48 Å². The number of carbonyl (C=O) groups excluding carboxylic acids is 1. The van der Waals surface area contributed by atoms with E-state index in [4.69, 9.17) is 5.73 Å². The van der Waals surface area contributed by atoms with E-state index in [2.05, 4.69) is 20.6 Å². The summed E-state index contributed by atoms with van der Waals surface area (Å²) in [5.41, 5.74) is 8.15. The largest absolute Gasteiger partial charge is 0.361 e. The summed E-state index contributed by atoms with van der Waals surface area (Å²) in [4.78, 5) is 17.5. The summed E-state index contributed by atoms with van der Waals surface area (Å²) in [6.07, 6.45) is 4.58. The molecule has 1 aliphatic heterocycles. The van der Waals surface area contributed by atoms with Gasteiger partial charge in [0.1, 0.15) is 0 Å². The normalized spacial score (nSPS) is 17.5. The third-order valence-corrected chi connectivity index (χ3v) is 4.43. The van der Waals surface area contributed by atoms with Crippen LogP contribution in [0.4, 0.5) is 10.5 Å². The van der Waals surface area contributed by atoms with E-state index in [1.165, 1.54) is 0 Å². The first kappa shape index (κ1) is 14.7. The Bertz CT molecular complexity index is 868. The molecule has 0 bridgehead atoms. The molecular formula is C16H19N7O. The molecular weight excluding hydrogens is 306 g/mol. The van der Waals surface area contributed by atoms with Gasteiger partial charge in [-0.1, -0.05) is 11.3 Å². The number of urea groups is 1. The van der Waals surface area contributed by atoms with Gasteiger partial charge in [0.05, 0.1) is 23.6 Å². The molecule has 2 amide bonds. The molecule has 0 radical (unpaired) electrons. The molecule has 2 aromatic heterocycles. The topological polar surface area (TPSA) is 105 Å². The van der Waals surface area contributed by atoms with Crippen LogP contribution in [0.25, 0.3) is 10.9 Å². The summed E-state index contributed by atoms with van der Waals surface area (Å²) < 4.78 is 1.81. The smallest absolute Gasteiger partial charge is 0.321 e. The molecule has 4 N–H and O–H groups in total. The van der Waals surface area contributed by atoms with E-state index in [-0.39, 0.29) is 12.1 Å². The van der Waals surface area contributed by atoms with E-state index < -0.39 is 0 Å². The van der Waals surface area contributed by atoms with E-state index >= 15 is 0 Å². The number of hydrogen-bond donors (Lipinski definition) is 3. The Morgan fingerprint density at radius 3 is 3.17 bits per heavy atom. The van der Waals surface area contributed by atoms with E-state index in [0.717, 1.165) is 28.7 Å². The van der Waals surface area contributed by atoms with Crippen molar-refractivity contribution in [1.82, 2.24) is 24.9 Å². The third-order valence-electron chi connectivity index (χ3n) is 4.43. The first-order valence-corrected chi connectivity index (χ1v) is 7.97. The summed E-state index contributed by atoms with van der Waals surface area (Å²) in [5, 5.41) is 12.1. The number of H-pyrrole nitrogens is 1. The van der Waals surface area contributed by atoms with Crippen molar-refractivity contribution in [2.24, 2.45) is 5.73 Å². The predicted molar refractivity (Wildman–Crippen MR) is 90.5 cm³/mol. The minimum Gasteiger partial charge on any atom is -0.361 e. The van der Waals surface area contributed by atoms with Crippen molar-refractivity contribution in [1.29, 1.82) is 0 Å². The highest BCUT2D eigenvalue weighted by molar-refractivity contribution is 6.00. The van der Waals surface area contributed by atoms with Crippen molar-refractivity contribution >= 4 is 22.6 Å². The second kappa shape index (κ2) is 5.97. The average Bonchev–Trinajstić information content (AvgIpc) is 3.33. The highest BCUT2D eigenvalue weighted by Gasteiger charge is 2.28. The van der Waals surface area contributed by atoms with Crippen LogP contribution in [0.3, 0.4) is 0 Å². The number of benzene rings is 1. The molecule has 1 saturated heterocycles. The molecule has 0 aliphatic carbocycles. The number of hydrogen-bond acceptors (Lipinski definition) is 4. The molecule has 8 nitrogen and oxygen atoms in total. The summed E-state index contributed by atoms with van der Waals surface area (Å²) in [6, 6.07) is 7.83. The van der Waals surface area contributed by atoms with Crippen LogP contribution in [-0.4, -0.2) is 44.0 Å². The van der Waals surface area contributed by atoms with Gasteiger partial charge < -0.3 is 20.9 Å². The van der Waals surface area contributed by atoms with E-state index in [1.54, 1.807) is 4.90 Å². The van der Waals surface area contributed by atoms with Crippen molar-refractivity contribution < 1.29 is 4.79 Å². The van der Waals surface area contributed by atoms with Crippen molar-refractivity contribution in [3.63, 3.8) is 0 Å². The van der Waals surface area contributed by atoms with Crippen LogP contribution >= 0.6 is 0 Å². The van der Waals surface area contributed by atoms with Gasteiger partial charge in [0, 0.05) is 36.7 Å². The maximum atomic E-state index is 12.6. The highest BCUT2D eigenvalue weighted by atomic mass is 16.2. The van der Waals surface area contributed by atoms with Crippen LogP contribution in [0.1, 0.15) is 18.2 Å². The Balaban J connectivity index is 1.45. The van der Waals surface area contributed by atoms with Crippen molar-refractivity contribution in [3.8, 4) is 0 Å². The zero-order chi connectivity index (χ0) is 16.5. The number of carbonyl (C=O) groups is 1. The lowest BCUT2D eigenvalue weighted by Gasteiger charge is -2.17. The standard InChI is InChI=1S/C16H19N7O/c17-8-11-9-23(21-20-11)12-5-7-22(10-12)16(24)19-15-3-1-2-14-13(15)4-6-18-14/h1-4,6,9,12,18H,5,7-8,10,17H2,(H,19,24). The number of fused-ring (bicyclic) bond motifs is 1. The van der Waals surface area contributed by atoms with Crippen molar-refractivity contribution in [3.05, 3.63) is 42.4 Å². The van der Waals surface area contributed by atoms with Gasteiger partial charge in [0.2, 0.25) is 0 Å². The molecule has 8 heteroatoms. The molecule has 0 spiro atoms. The van der Waals surface area contributed by atoms with Crippen LogP contribution in [0, 0.1) is 0 Å². The molecule has 0 saturated carbocycles. The molecule has 1 atom stereocenters. The highest BCUT2D eigenvalue weighted by Crippen LogP contribution is 2.25. The number of likely N-dealkylation sites (tertiary alicyclic amines) is 1. The number of nitrogens with two attached hydrogens (primary N) is 1. The second-order valence-corrected chi connectivity index (χ2v) is 5.96. The van der Waals surface area contributed by atoms with Crippen molar-refractivity contribution in [2.75, 3.05) is 18.4 Å². The molecule has 24 heavy (non-hydrogen) atoms. The zero-order valence-corrected chi connectivity index (χ0v) is 13.1. The Labute approximate surface area is 138 Å². The summed E-state index contributed by atoms with van der Waals surface area (Å²) in [6.45, 7) is 1.68. The lowest BCUT2D eigenvalue weighted by molar-refractivity contribution is 0.220. The number of nitrogens with one attached hydrogen (secondary N) is 2. The molecule has 1 fully saturated rings. The maximum absolute atomic E-state index is 12.6. The van der Waals surface area contributed by atoms with E-state index in [0.29, 0.717) is 19.6 Å². The Morgan fingerprint density at radius 1 is 1.42 bits per heavy atom. The number of anilines is 1. The number of aromatic amines is 1. The van der Waals surface area contributed by atoms with Crippen LogP contribution in [0.5, 0.6) is 0 Å². The summed E-state index contributed by atoms with van der Waals surface area (Å²) in [7, 11) is 0. The first-order chi connectivity index (χ1) is 11.7. The molecule has 124 valence electrons. The molecule has 3 aromatic rings. The van der Waals surface area contributed by atoms with Crippen LogP contribution in [0.2, 0.25) is 0 Å². The van der Waals surface area contributed by atoms with Crippen LogP contribution < -0.4 is 11.1 Å².